The van der Waals surface area contributed by atoms with Gasteiger partial charge in [0.15, 0.2) is 0 Å². The molecule has 1 saturated carbocycles. The van der Waals surface area contributed by atoms with E-state index >= 15 is 4.39 Å². The number of benzene rings is 4. The maximum atomic E-state index is 15.2. The van der Waals surface area contributed by atoms with Gasteiger partial charge in [-0.05, 0) is 98.8 Å². The van der Waals surface area contributed by atoms with Gasteiger partial charge >= 0.3 is 12.1 Å². The molecule has 2 amide bonds. The van der Waals surface area contributed by atoms with Gasteiger partial charge in [0.1, 0.15) is 12.4 Å². The number of likely N-dealkylation sites (tertiary alicyclic amines) is 1. The predicted molar refractivity (Wildman–Crippen MR) is 218 cm³/mol. The van der Waals surface area contributed by atoms with E-state index in [0.717, 1.165) is 69.2 Å². The first-order valence-electron chi connectivity index (χ1n) is 20.4. The van der Waals surface area contributed by atoms with Gasteiger partial charge in [0.25, 0.3) is 5.91 Å². The van der Waals surface area contributed by atoms with Crippen molar-refractivity contribution in [3.8, 4) is 0 Å². The highest BCUT2D eigenvalue weighted by Gasteiger charge is 2.41. The number of nitrogens with zero attached hydrogens (tertiary/aromatic N) is 3. The lowest BCUT2D eigenvalue weighted by atomic mass is 9.83. The van der Waals surface area contributed by atoms with Crippen LogP contribution in [0.25, 0.3) is 0 Å². The Bertz CT molecular complexity index is 2110. The standard InChI is InChI=1S/C46H51F4N5O4/c1-30-8-5-14-40(47)41(30)44(57)55-21-7-13-38(42(55)32-15-18-36(19-16-32)51-35-11-3-4-12-35)43(56)52-37-20-17-34(39(27-37)46(48,49)50)29-59-45(58)33-10-6-9-31(26-33)28-54-24-22-53(2)23-25-54/h5-6,8-10,14-20,26-27,35,38,42,51H,3-4,7,11-13,21-25,28-29H2,1-2H3,(H,52,56)/t38-,42-/m0/s1. The van der Waals surface area contributed by atoms with Crippen molar-refractivity contribution in [1.29, 1.82) is 0 Å². The molecule has 0 spiro atoms. The topological polar surface area (TPSA) is 94.2 Å². The van der Waals surface area contributed by atoms with Crippen LogP contribution in [0.15, 0.2) is 84.9 Å². The fourth-order valence-corrected chi connectivity index (χ4v) is 8.61. The van der Waals surface area contributed by atoms with Crippen molar-refractivity contribution < 1.29 is 36.7 Å². The molecule has 4 aromatic carbocycles. The molecular weight excluding hydrogens is 763 g/mol. The summed E-state index contributed by atoms with van der Waals surface area (Å²) in [6.07, 6.45) is 0.411. The Balaban J connectivity index is 1.09. The van der Waals surface area contributed by atoms with Crippen molar-refractivity contribution in [2.24, 2.45) is 5.92 Å². The highest BCUT2D eigenvalue weighted by molar-refractivity contribution is 5.98. The molecule has 2 atom stereocenters. The number of halogens is 4. The van der Waals surface area contributed by atoms with E-state index in [-0.39, 0.29) is 28.9 Å². The molecule has 2 saturated heterocycles. The second-order valence-corrected chi connectivity index (χ2v) is 16.1. The van der Waals surface area contributed by atoms with E-state index in [1.807, 2.05) is 30.3 Å². The Kier molecular flexibility index (Phi) is 13.0. The molecule has 7 rings (SSSR count). The van der Waals surface area contributed by atoms with Gasteiger partial charge in [-0.15, -0.1) is 0 Å². The third kappa shape index (κ3) is 10.1. The van der Waals surface area contributed by atoms with Crippen LogP contribution in [0.4, 0.5) is 28.9 Å². The van der Waals surface area contributed by atoms with Gasteiger partial charge in [-0.2, -0.15) is 13.2 Å². The largest absolute Gasteiger partial charge is 0.457 e. The summed E-state index contributed by atoms with van der Waals surface area (Å²) in [6.45, 7) is 5.59. The highest BCUT2D eigenvalue weighted by atomic mass is 19.4. The van der Waals surface area contributed by atoms with Gasteiger partial charge in [-0.1, -0.05) is 55.3 Å². The number of likely N-dealkylation sites (N-methyl/N-ethyl adjacent to an activating group) is 1. The lowest BCUT2D eigenvalue weighted by Gasteiger charge is -2.41. The van der Waals surface area contributed by atoms with E-state index in [9.17, 15) is 27.6 Å². The summed E-state index contributed by atoms with van der Waals surface area (Å²) >= 11 is 0. The van der Waals surface area contributed by atoms with Crippen LogP contribution in [0.1, 0.15) is 93.1 Å². The van der Waals surface area contributed by atoms with Gasteiger partial charge in [-0.25, -0.2) is 9.18 Å². The number of hydrogen-bond acceptors (Lipinski definition) is 7. The molecular formula is C46H51F4N5O4. The zero-order chi connectivity index (χ0) is 41.7. The van der Waals surface area contributed by atoms with E-state index < -0.39 is 53.9 Å². The third-order valence-electron chi connectivity index (χ3n) is 11.8. The van der Waals surface area contributed by atoms with Gasteiger partial charge in [0.2, 0.25) is 5.91 Å². The summed E-state index contributed by atoms with van der Waals surface area (Å²) in [5.74, 6) is -3.41. The zero-order valence-corrected chi connectivity index (χ0v) is 33.5. The number of anilines is 2. The fourth-order valence-electron chi connectivity index (χ4n) is 8.61. The van der Waals surface area contributed by atoms with Crippen LogP contribution in [0.3, 0.4) is 0 Å². The third-order valence-corrected chi connectivity index (χ3v) is 11.8. The first-order chi connectivity index (χ1) is 28.3. The van der Waals surface area contributed by atoms with Crippen molar-refractivity contribution in [3.05, 3.63) is 130 Å². The van der Waals surface area contributed by atoms with E-state index in [1.54, 1.807) is 31.2 Å². The lowest BCUT2D eigenvalue weighted by molar-refractivity contribution is -0.138. The lowest BCUT2D eigenvalue weighted by Crippen LogP contribution is -2.46. The van der Waals surface area contributed by atoms with E-state index in [4.69, 9.17) is 4.74 Å². The Morgan fingerprint density at radius 2 is 1.53 bits per heavy atom. The molecule has 4 aromatic rings. The molecule has 13 heteroatoms. The van der Waals surface area contributed by atoms with Crippen LogP contribution in [0.5, 0.6) is 0 Å². The minimum Gasteiger partial charge on any atom is -0.457 e. The Morgan fingerprint density at radius 3 is 2.24 bits per heavy atom. The van der Waals surface area contributed by atoms with E-state index in [0.29, 0.717) is 36.6 Å². The number of amides is 2. The number of alkyl halides is 3. The molecule has 2 aliphatic heterocycles. The number of nitrogens with one attached hydrogen (secondary N) is 2. The number of hydrogen-bond donors (Lipinski definition) is 2. The summed E-state index contributed by atoms with van der Waals surface area (Å²) in [4.78, 5) is 47.4. The molecule has 2 heterocycles. The van der Waals surface area contributed by atoms with Crippen molar-refractivity contribution in [1.82, 2.24) is 14.7 Å². The number of esters is 1. The van der Waals surface area contributed by atoms with Crippen LogP contribution in [-0.4, -0.2) is 78.3 Å². The minimum atomic E-state index is -4.83. The first kappa shape index (κ1) is 41.9. The summed E-state index contributed by atoms with van der Waals surface area (Å²) in [7, 11) is 2.07. The van der Waals surface area contributed by atoms with Crippen molar-refractivity contribution in [2.45, 2.75) is 76.9 Å². The molecule has 3 aliphatic rings. The second kappa shape index (κ2) is 18.3. The number of carbonyl (C=O) groups excluding carboxylic acids is 3. The number of piperazine rings is 1. The van der Waals surface area contributed by atoms with Gasteiger partial charge in [0, 0.05) is 62.2 Å². The molecule has 0 radical (unpaired) electrons. The zero-order valence-electron chi connectivity index (χ0n) is 33.5. The molecule has 0 aromatic heterocycles. The molecule has 0 bridgehead atoms. The Morgan fingerprint density at radius 1 is 0.814 bits per heavy atom. The average Bonchev–Trinajstić information content (AvgIpc) is 3.74. The van der Waals surface area contributed by atoms with Crippen LogP contribution in [-0.2, 0) is 28.9 Å². The number of piperidine rings is 1. The van der Waals surface area contributed by atoms with E-state index in [2.05, 4.69) is 27.5 Å². The average molecular weight is 814 g/mol. The van der Waals surface area contributed by atoms with Crippen LogP contribution >= 0.6 is 0 Å². The molecule has 9 nitrogen and oxygen atoms in total. The van der Waals surface area contributed by atoms with Crippen molar-refractivity contribution in [2.75, 3.05) is 50.4 Å². The van der Waals surface area contributed by atoms with Crippen LogP contribution in [0.2, 0.25) is 0 Å². The number of rotatable bonds is 11. The SMILES string of the molecule is Cc1cccc(F)c1C(=O)N1CCC[C@H](C(=O)Nc2ccc(COC(=O)c3cccc(CN4CCN(C)CC4)c3)c(C(F)(F)F)c2)[C@@H]1c1ccc(NC2CCCC2)cc1. The molecule has 1 aliphatic carbocycles. The van der Waals surface area contributed by atoms with Gasteiger partial charge < -0.3 is 25.2 Å². The minimum absolute atomic E-state index is 0.0810. The molecule has 59 heavy (non-hydrogen) atoms. The first-order valence-corrected chi connectivity index (χ1v) is 20.4. The van der Waals surface area contributed by atoms with Crippen molar-refractivity contribution >= 4 is 29.2 Å². The fraction of sp³-hybridized carbons (Fsp3) is 0.413. The van der Waals surface area contributed by atoms with Gasteiger partial charge in [0.05, 0.1) is 28.7 Å². The predicted octanol–water partition coefficient (Wildman–Crippen LogP) is 8.84. The quantitative estimate of drug-likeness (QED) is 0.116. The summed E-state index contributed by atoms with van der Waals surface area (Å²) in [5.41, 5.74) is 1.66. The monoisotopic (exact) mass is 813 g/mol. The number of aryl methyl sites for hydroxylation is 1. The highest BCUT2D eigenvalue weighted by Crippen LogP contribution is 2.40. The number of carbonyl (C=O) groups is 3. The Labute approximate surface area is 342 Å². The molecule has 3 fully saturated rings. The summed E-state index contributed by atoms with van der Waals surface area (Å²) in [5, 5.41) is 6.23. The second-order valence-electron chi connectivity index (χ2n) is 16.1. The normalized spacial score (nSPS) is 19.4. The van der Waals surface area contributed by atoms with Crippen LogP contribution < -0.4 is 10.6 Å². The summed E-state index contributed by atoms with van der Waals surface area (Å²) in [6, 6.07) is 21.8. The Hall–Kier alpha value is -5.27. The molecule has 312 valence electrons. The van der Waals surface area contributed by atoms with Crippen LogP contribution in [0, 0.1) is 18.7 Å². The smallest absolute Gasteiger partial charge is 0.416 e. The van der Waals surface area contributed by atoms with E-state index in [1.165, 1.54) is 29.2 Å². The number of ether oxygens (including phenoxy) is 1. The molecule has 0 unspecified atom stereocenters. The van der Waals surface area contributed by atoms with Crippen molar-refractivity contribution in [3.63, 3.8) is 0 Å². The molecule has 2 N–H and O–H groups in total. The van der Waals surface area contributed by atoms with Gasteiger partial charge in [-0.3, -0.25) is 14.5 Å². The maximum Gasteiger partial charge on any atom is 0.416 e. The summed E-state index contributed by atoms with van der Waals surface area (Å²) < 4.78 is 64.2. The maximum absolute atomic E-state index is 15.2.